The third-order valence-electron chi connectivity index (χ3n) is 2.81. The Morgan fingerprint density at radius 3 is 2.82 bits per heavy atom. The lowest BCUT2D eigenvalue weighted by molar-refractivity contribution is -0.117. The highest BCUT2D eigenvalue weighted by Gasteiger charge is 2.12. The summed E-state index contributed by atoms with van der Waals surface area (Å²) in [6.45, 7) is 4.24. The van der Waals surface area contributed by atoms with Gasteiger partial charge in [0.15, 0.2) is 5.16 Å². The van der Waals surface area contributed by atoms with Gasteiger partial charge in [-0.3, -0.25) is 14.7 Å². The average Bonchev–Trinajstić information content (AvgIpc) is 2.94. The Hall–Kier alpha value is -2.35. The maximum absolute atomic E-state index is 11.7. The lowest BCUT2D eigenvalue weighted by Gasteiger charge is -2.09. The van der Waals surface area contributed by atoms with Crippen molar-refractivity contribution in [1.29, 1.82) is 0 Å². The Morgan fingerprint density at radius 1 is 1.32 bits per heavy atom. The zero-order valence-electron chi connectivity index (χ0n) is 12.4. The van der Waals surface area contributed by atoms with Crippen molar-refractivity contribution in [3.8, 4) is 5.69 Å². The molecule has 1 aromatic heterocycles. The SMILES string of the molecule is CCNC(=O)NC(=O)CSc1nncn1-c1ccccc1C. The molecule has 1 aromatic carbocycles. The number of rotatable bonds is 5. The van der Waals surface area contributed by atoms with E-state index >= 15 is 0 Å². The Labute approximate surface area is 132 Å². The average molecular weight is 319 g/mol. The Kier molecular flexibility index (Phi) is 5.54. The van der Waals surface area contributed by atoms with Crippen LogP contribution in [0.15, 0.2) is 35.7 Å². The quantitative estimate of drug-likeness (QED) is 0.816. The minimum absolute atomic E-state index is 0.0850. The molecule has 0 bridgehead atoms. The second-order valence-electron chi connectivity index (χ2n) is 4.47. The maximum atomic E-state index is 11.7. The molecule has 0 fully saturated rings. The van der Waals surface area contributed by atoms with Crippen LogP contribution in [0.4, 0.5) is 4.79 Å². The van der Waals surface area contributed by atoms with Crippen molar-refractivity contribution in [1.82, 2.24) is 25.4 Å². The largest absolute Gasteiger partial charge is 0.338 e. The molecule has 3 amide bonds. The van der Waals surface area contributed by atoms with Gasteiger partial charge in [-0.25, -0.2) is 4.79 Å². The first kappa shape index (κ1) is 16.0. The van der Waals surface area contributed by atoms with Crippen molar-refractivity contribution in [2.24, 2.45) is 0 Å². The van der Waals surface area contributed by atoms with Gasteiger partial charge in [0.2, 0.25) is 5.91 Å². The lowest BCUT2D eigenvalue weighted by atomic mass is 10.2. The van der Waals surface area contributed by atoms with E-state index < -0.39 is 6.03 Å². The van der Waals surface area contributed by atoms with Crippen LogP contribution in [0.5, 0.6) is 0 Å². The molecule has 0 saturated heterocycles. The lowest BCUT2D eigenvalue weighted by Crippen LogP contribution is -2.40. The molecule has 7 nitrogen and oxygen atoms in total. The summed E-state index contributed by atoms with van der Waals surface area (Å²) in [7, 11) is 0. The second-order valence-corrected chi connectivity index (χ2v) is 5.41. The van der Waals surface area contributed by atoms with Gasteiger partial charge < -0.3 is 5.32 Å². The van der Waals surface area contributed by atoms with Crippen molar-refractivity contribution in [3.63, 3.8) is 0 Å². The van der Waals surface area contributed by atoms with Gasteiger partial charge in [-0.05, 0) is 25.5 Å². The van der Waals surface area contributed by atoms with Gasteiger partial charge in [-0.2, -0.15) is 0 Å². The summed E-state index contributed by atoms with van der Waals surface area (Å²) in [5, 5.41) is 13.3. The molecule has 116 valence electrons. The van der Waals surface area contributed by atoms with Crippen LogP contribution in [0.3, 0.4) is 0 Å². The first-order valence-corrected chi connectivity index (χ1v) is 7.77. The number of nitrogens with one attached hydrogen (secondary N) is 2. The van der Waals surface area contributed by atoms with Crippen LogP contribution >= 0.6 is 11.8 Å². The number of para-hydroxylation sites is 1. The van der Waals surface area contributed by atoms with Crippen LogP contribution in [0.25, 0.3) is 5.69 Å². The fourth-order valence-electron chi connectivity index (χ4n) is 1.82. The molecule has 8 heteroatoms. The van der Waals surface area contributed by atoms with Crippen molar-refractivity contribution < 1.29 is 9.59 Å². The smallest absolute Gasteiger partial charge is 0.321 e. The summed E-state index contributed by atoms with van der Waals surface area (Å²) in [5.74, 6) is -0.294. The molecule has 0 aliphatic rings. The molecule has 2 rings (SSSR count). The molecule has 0 saturated carbocycles. The van der Waals surface area contributed by atoms with Crippen molar-refractivity contribution in [2.75, 3.05) is 12.3 Å². The fourth-order valence-corrected chi connectivity index (χ4v) is 2.54. The van der Waals surface area contributed by atoms with Crippen molar-refractivity contribution in [2.45, 2.75) is 19.0 Å². The van der Waals surface area contributed by atoms with Crippen LogP contribution in [0, 0.1) is 6.92 Å². The highest BCUT2D eigenvalue weighted by molar-refractivity contribution is 7.99. The molecule has 2 N–H and O–H groups in total. The molecule has 0 aliphatic carbocycles. The van der Waals surface area contributed by atoms with Crippen LogP contribution in [-0.4, -0.2) is 39.0 Å². The van der Waals surface area contributed by atoms with Crippen LogP contribution < -0.4 is 10.6 Å². The van der Waals surface area contributed by atoms with E-state index in [-0.39, 0.29) is 11.7 Å². The van der Waals surface area contributed by atoms with Gasteiger partial charge >= 0.3 is 6.03 Å². The predicted octanol–water partition coefficient (Wildman–Crippen LogP) is 1.51. The van der Waals surface area contributed by atoms with Gasteiger partial charge in [0.25, 0.3) is 0 Å². The van der Waals surface area contributed by atoms with Gasteiger partial charge in [0, 0.05) is 6.54 Å². The number of thioether (sulfide) groups is 1. The van der Waals surface area contributed by atoms with E-state index in [9.17, 15) is 9.59 Å². The van der Waals surface area contributed by atoms with Gasteiger partial charge in [0.05, 0.1) is 11.4 Å². The predicted molar refractivity (Wildman–Crippen MR) is 84.0 cm³/mol. The Morgan fingerprint density at radius 2 is 2.09 bits per heavy atom. The molecular formula is C14H17N5O2S. The summed E-state index contributed by atoms with van der Waals surface area (Å²) in [6, 6.07) is 7.34. The van der Waals surface area contributed by atoms with Gasteiger partial charge in [0.1, 0.15) is 6.33 Å². The first-order chi connectivity index (χ1) is 10.6. The number of nitrogens with zero attached hydrogens (tertiary/aromatic N) is 3. The van der Waals surface area contributed by atoms with E-state index in [1.807, 2.05) is 35.8 Å². The van der Waals surface area contributed by atoms with Crippen LogP contribution in [-0.2, 0) is 4.79 Å². The second kappa shape index (κ2) is 7.60. The number of hydrogen-bond acceptors (Lipinski definition) is 5. The monoisotopic (exact) mass is 319 g/mol. The summed E-state index contributed by atoms with van der Waals surface area (Å²) >= 11 is 1.22. The minimum atomic E-state index is -0.492. The van der Waals surface area contributed by atoms with Crippen molar-refractivity contribution >= 4 is 23.7 Å². The minimum Gasteiger partial charge on any atom is -0.338 e. The molecule has 2 aromatic rings. The molecule has 0 spiro atoms. The van der Waals surface area contributed by atoms with E-state index in [4.69, 9.17) is 0 Å². The molecule has 0 unspecified atom stereocenters. The molecule has 1 heterocycles. The van der Waals surface area contributed by atoms with E-state index in [0.29, 0.717) is 11.7 Å². The van der Waals surface area contributed by atoms with E-state index in [0.717, 1.165) is 11.3 Å². The van der Waals surface area contributed by atoms with Crippen molar-refractivity contribution in [3.05, 3.63) is 36.2 Å². The third kappa shape index (κ3) is 4.08. The van der Waals surface area contributed by atoms with E-state index in [2.05, 4.69) is 20.8 Å². The molecule has 0 aliphatic heterocycles. The Balaban J connectivity index is 2.01. The number of hydrogen-bond donors (Lipinski definition) is 2. The number of imide groups is 1. The van der Waals surface area contributed by atoms with Gasteiger partial charge in [-0.15, -0.1) is 10.2 Å². The number of carbonyl (C=O) groups excluding carboxylic acids is 2. The maximum Gasteiger partial charge on any atom is 0.321 e. The third-order valence-corrected chi connectivity index (χ3v) is 3.76. The van der Waals surface area contributed by atoms with Crippen LogP contribution in [0.2, 0.25) is 0 Å². The molecule has 22 heavy (non-hydrogen) atoms. The number of benzene rings is 1. The zero-order chi connectivity index (χ0) is 15.9. The number of aryl methyl sites for hydroxylation is 1. The number of amides is 3. The summed E-state index contributed by atoms with van der Waals surface area (Å²) in [6.07, 6.45) is 1.60. The number of carbonyl (C=O) groups is 2. The molecular weight excluding hydrogens is 302 g/mol. The number of aromatic nitrogens is 3. The molecule has 0 atom stereocenters. The number of urea groups is 1. The molecule has 0 radical (unpaired) electrons. The fraction of sp³-hybridized carbons (Fsp3) is 0.286. The summed E-state index contributed by atoms with van der Waals surface area (Å²) in [4.78, 5) is 23.0. The standard InChI is InChI=1S/C14H17N5O2S/c1-3-15-13(21)17-12(20)8-22-14-18-16-9-19(14)11-7-5-4-6-10(11)2/h4-7,9H,3,8H2,1-2H3,(H2,15,17,20,21). The normalized spacial score (nSPS) is 10.3. The zero-order valence-corrected chi connectivity index (χ0v) is 13.2. The highest BCUT2D eigenvalue weighted by atomic mass is 32.2. The summed E-state index contributed by atoms with van der Waals surface area (Å²) in [5.41, 5.74) is 2.04. The van der Waals surface area contributed by atoms with Gasteiger partial charge in [-0.1, -0.05) is 30.0 Å². The summed E-state index contributed by atoms with van der Waals surface area (Å²) < 4.78 is 1.82. The van der Waals surface area contributed by atoms with Crippen LogP contribution in [0.1, 0.15) is 12.5 Å². The first-order valence-electron chi connectivity index (χ1n) is 6.78. The topological polar surface area (TPSA) is 88.9 Å². The highest BCUT2D eigenvalue weighted by Crippen LogP contribution is 2.21. The Bertz CT molecular complexity index is 671. The van der Waals surface area contributed by atoms with E-state index in [1.165, 1.54) is 11.8 Å². The van der Waals surface area contributed by atoms with E-state index in [1.54, 1.807) is 13.3 Å².